The Morgan fingerprint density at radius 3 is 2.05 bits per heavy atom. The van der Waals surface area contributed by atoms with Crippen LogP contribution in [0.2, 0.25) is 0 Å². The van der Waals surface area contributed by atoms with E-state index in [-0.39, 0.29) is 23.8 Å². The van der Waals surface area contributed by atoms with Crippen molar-refractivity contribution in [2.45, 2.75) is 96.2 Å². The number of phenols is 1. The number of ether oxygens (including phenoxy) is 2. The van der Waals surface area contributed by atoms with Crippen LogP contribution in [0, 0.1) is 0 Å². The molecule has 2 aromatic carbocycles. The molecule has 0 bridgehead atoms. The number of benzene rings is 2. The van der Waals surface area contributed by atoms with Gasteiger partial charge in [0.1, 0.15) is 35.1 Å². The average molecular weight is 598 g/mol. The van der Waals surface area contributed by atoms with Gasteiger partial charge in [-0.3, -0.25) is 9.59 Å². The van der Waals surface area contributed by atoms with Crippen LogP contribution in [0.5, 0.6) is 5.75 Å². The fourth-order valence-corrected chi connectivity index (χ4v) is 4.49. The first-order chi connectivity index (χ1) is 20.1. The molecule has 4 N–H and O–H groups in total. The highest BCUT2D eigenvalue weighted by molar-refractivity contribution is 5.94. The molecule has 0 spiro atoms. The SMILES string of the molecule is CC(C)(C)OC(=O)NC(CO)C(=O)N(C1CC1)C(C(=O)NC(Cc1ccccc1)C(=O)OC(C)(C)C)c1cccc(O)c1. The molecule has 0 aliphatic heterocycles. The molecular weight excluding hydrogens is 554 g/mol. The molecule has 0 saturated heterocycles. The van der Waals surface area contributed by atoms with Crippen LogP contribution in [0.1, 0.15) is 71.6 Å². The van der Waals surface area contributed by atoms with Crippen molar-refractivity contribution in [1.29, 1.82) is 0 Å². The van der Waals surface area contributed by atoms with Crippen molar-refractivity contribution in [1.82, 2.24) is 15.5 Å². The van der Waals surface area contributed by atoms with Gasteiger partial charge in [0, 0.05) is 12.5 Å². The molecule has 1 aliphatic carbocycles. The summed E-state index contributed by atoms with van der Waals surface area (Å²) in [6.45, 7) is 9.42. The highest BCUT2D eigenvalue weighted by atomic mass is 16.6. The number of aliphatic hydroxyl groups is 1. The summed E-state index contributed by atoms with van der Waals surface area (Å²) in [5, 5.41) is 25.6. The summed E-state index contributed by atoms with van der Waals surface area (Å²) in [6, 6.07) is 10.9. The Balaban J connectivity index is 1.99. The lowest BCUT2D eigenvalue weighted by atomic mass is 10.0. The molecule has 11 heteroatoms. The summed E-state index contributed by atoms with van der Waals surface area (Å²) < 4.78 is 10.9. The second kappa shape index (κ2) is 13.9. The number of carbonyl (C=O) groups excluding carboxylic acids is 4. The first-order valence-electron chi connectivity index (χ1n) is 14.4. The maximum Gasteiger partial charge on any atom is 0.408 e. The summed E-state index contributed by atoms with van der Waals surface area (Å²) in [5.74, 6) is -2.18. The number of esters is 1. The molecule has 3 atom stereocenters. The molecule has 11 nitrogen and oxygen atoms in total. The zero-order valence-corrected chi connectivity index (χ0v) is 25.6. The molecular formula is C32H43N3O8. The smallest absolute Gasteiger partial charge is 0.408 e. The molecule has 234 valence electrons. The van der Waals surface area contributed by atoms with Gasteiger partial charge >= 0.3 is 12.1 Å². The summed E-state index contributed by atoms with van der Waals surface area (Å²) in [4.78, 5) is 55.2. The monoisotopic (exact) mass is 597 g/mol. The van der Waals surface area contributed by atoms with Gasteiger partial charge < -0.3 is 35.2 Å². The molecule has 2 aromatic rings. The number of nitrogens with zero attached hydrogens (tertiary/aromatic N) is 1. The highest BCUT2D eigenvalue weighted by Crippen LogP contribution is 2.36. The molecule has 0 heterocycles. The fraction of sp³-hybridized carbons (Fsp3) is 0.500. The van der Waals surface area contributed by atoms with Crippen LogP contribution in [0.25, 0.3) is 0 Å². The van der Waals surface area contributed by atoms with Gasteiger partial charge in [-0.15, -0.1) is 0 Å². The largest absolute Gasteiger partial charge is 0.508 e. The molecule has 43 heavy (non-hydrogen) atoms. The van der Waals surface area contributed by atoms with E-state index in [0.717, 1.165) is 5.56 Å². The van der Waals surface area contributed by atoms with Gasteiger partial charge in [-0.25, -0.2) is 9.59 Å². The zero-order valence-electron chi connectivity index (χ0n) is 25.6. The van der Waals surface area contributed by atoms with Gasteiger partial charge in [0.05, 0.1) is 6.61 Å². The number of aliphatic hydroxyl groups excluding tert-OH is 1. The van der Waals surface area contributed by atoms with Gasteiger partial charge in [0.2, 0.25) is 11.8 Å². The Morgan fingerprint density at radius 2 is 1.51 bits per heavy atom. The van der Waals surface area contributed by atoms with Crippen LogP contribution >= 0.6 is 0 Å². The predicted molar refractivity (Wildman–Crippen MR) is 159 cm³/mol. The molecule has 3 rings (SSSR count). The number of hydrogen-bond donors (Lipinski definition) is 4. The quantitative estimate of drug-likeness (QED) is 0.288. The van der Waals surface area contributed by atoms with Gasteiger partial charge in [-0.05, 0) is 77.6 Å². The molecule has 0 aromatic heterocycles. The van der Waals surface area contributed by atoms with Gasteiger partial charge in [-0.2, -0.15) is 0 Å². The maximum absolute atomic E-state index is 14.2. The van der Waals surface area contributed by atoms with Crippen LogP contribution in [-0.4, -0.2) is 74.9 Å². The minimum atomic E-state index is -1.41. The number of amides is 3. The lowest BCUT2D eigenvalue weighted by Gasteiger charge is -2.35. The van der Waals surface area contributed by atoms with E-state index in [0.29, 0.717) is 12.8 Å². The van der Waals surface area contributed by atoms with E-state index in [4.69, 9.17) is 9.47 Å². The number of rotatable bonds is 11. The molecule has 1 aliphatic rings. The minimum absolute atomic E-state index is 0.128. The second-order valence-electron chi connectivity index (χ2n) is 12.6. The van der Waals surface area contributed by atoms with Crippen molar-refractivity contribution >= 4 is 23.9 Å². The number of carbonyl (C=O) groups is 4. The topological polar surface area (TPSA) is 154 Å². The molecule has 1 fully saturated rings. The third-order valence-electron chi connectivity index (χ3n) is 6.37. The van der Waals surface area contributed by atoms with Crippen LogP contribution in [-0.2, 0) is 30.3 Å². The summed E-state index contributed by atoms with van der Waals surface area (Å²) in [7, 11) is 0. The van der Waals surface area contributed by atoms with E-state index < -0.39 is 59.8 Å². The number of nitrogens with one attached hydrogen (secondary N) is 2. The van der Waals surface area contributed by atoms with Crippen molar-refractivity contribution in [3.63, 3.8) is 0 Å². The first-order valence-corrected chi connectivity index (χ1v) is 14.4. The van der Waals surface area contributed by atoms with Crippen molar-refractivity contribution in [3.8, 4) is 5.75 Å². The van der Waals surface area contributed by atoms with Crippen LogP contribution in [0.4, 0.5) is 4.79 Å². The van der Waals surface area contributed by atoms with Crippen LogP contribution in [0.15, 0.2) is 54.6 Å². The van der Waals surface area contributed by atoms with Gasteiger partial charge in [0.15, 0.2) is 0 Å². The summed E-state index contributed by atoms with van der Waals surface area (Å²) in [5.41, 5.74) is -0.596. The Hall–Kier alpha value is -4.12. The number of phenolic OH excluding ortho intramolecular Hbond substituents is 1. The number of aromatic hydroxyl groups is 1. The Kier molecular flexibility index (Phi) is 10.8. The maximum atomic E-state index is 14.2. The zero-order chi connectivity index (χ0) is 31.9. The molecule has 3 amide bonds. The van der Waals surface area contributed by atoms with Gasteiger partial charge in [0.25, 0.3) is 0 Å². The van der Waals surface area contributed by atoms with Crippen LogP contribution < -0.4 is 10.6 Å². The summed E-state index contributed by atoms with van der Waals surface area (Å²) in [6.07, 6.45) is 0.393. The number of hydrogen-bond acceptors (Lipinski definition) is 8. The van der Waals surface area contributed by atoms with Crippen molar-refractivity contribution < 1.29 is 38.9 Å². The number of alkyl carbamates (subject to hydrolysis) is 1. The minimum Gasteiger partial charge on any atom is -0.508 e. The molecule has 0 radical (unpaired) electrons. The third kappa shape index (κ3) is 10.3. The fourth-order valence-electron chi connectivity index (χ4n) is 4.49. The van der Waals surface area contributed by atoms with Crippen molar-refractivity contribution in [2.75, 3.05) is 6.61 Å². The lowest BCUT2D eigenvalue weighted by Crippen LogP contribution is -2.56. The van der Waals surface area contributed by atoms with E-state index in [1.165, 1.54) is 23.1 Å². The highest BCUT2D eigenvalue weighted by Gasteiger charge is 2.45. The molecule has 3 unspecified atom stereocenters. The molecule has 1 saturated carbocycles. The van der Waals surface area contributed by atoms with Crippen molar-refractivity contribution in [2.24, 2.45) is 0 Å². The first kappa shape index (κ1) is 33.4. The Bertz CT molecular complexity index is 1280. The van der Waals surface area contributed by atoms with Gasteiger partial charge in [-0.1, -0.05) is 42.5 Å². The van der Waals surface area contributed by atoms with E-state index in [2.05, 4.69) is 10.6 Å². The Morgan fingerprint density at radius 1 is 0.884 bits per heavy atom. The standard InChI is InChI=1S/C32H43N3O8/c1-31(2,3)42-29(40)24(17-20-11-8-7-9-12-20)33-27(38)26(21-13-10-14-23(37)18-21)35(22-15-16-22)28(39)25(19-36)34-30(41)43-32(4,5)6/h7-14,18,22,24-26,36-37H,15-17,19H2,1-6H3,(H,33,38)(H,34,41). The van der Waals surface area contributed by atoms with Crippen LogP contribution in [0.3, 0.4) is 0 Å². The van der Waals surface area contributed by atoms with Crippen molar-refractivity contribution in [3.05, 3.63) is 65.7 Å². The summed E-state index contributed by atoms with van der Waals surface area (Å²) >= 11 is 0. The third-order valence-corrected chi connectivity index (χ3v) is 6.37. The average Bonchev–Trinajstić information content (AvgIpc) is 3.73. The Labute approximate surface area is 252 Å². The normalized spacial score (nSPS) is 15.4. The second-order valence-corrected chi connectivity index (χ2v) is 12.6. The predicted octanol–water partition coefficient (Wildman–Crippen LogP) is 3.38. The van der Waals surface area contributed by atoms with E-state index >= 15 is 0 Å². The lowest BCUT2D eigenvalue weighted by molar-refractivity contribution is -0.159. The van der Waals surface area contributed by atoms with E-state index in [9.17, 15) is 29.4 Å². The van der Waals surface area contributed by atoms with E-state index in [1.54, 1.807) is 47.6 Å². The van der Waals surface area contributed by atoms with E-state index in [1.807, 2.05) is 30.3 Å².